The Kier molecular flexibility index (Phi) is 4.72. The minimum atomic E-state index is -0.589. The van der Waals surface area contributed by atoms with Crippen LogP contribution in [0.15, 0.2) is 42.5 Å². The maximum Gasteiger partial charge on any atom is 0.274 e. The number of nitrogens with zero attached hydrogens (tertiary/aromatic N) is 2. The first-order chi connectivity index (χ1) is 12.5. The number of aryl methyl sites for hydroxylation is 2. The van der Waals surface area contributed by atoms with Gasteiger partial charge in [0.15, 0.2) is 11.4 Å². The van der Waals surface area contributed by atoms with Gasteiger partial charge in [-0.3, -0.25) is 4.79 Å². The van der Waals surface area contributed by atoms with E-state index >= 15 is 0 Å². The topological polar surface area (TPSA) is 95.2 Å². The summed E-state index contributed by atoms with van der Waals surface area (Å²) in [7, 11) is 0. The number of aromatic nitrogens is 1. The molecule has 2 aromatic carbocycles. The smallest absolute Gasteiger partial charge is 0.274 e. The number of aromatic hydroxyl groups is 1. The van der Waals surface area contributed by atoms with Crippen LogP contribution in [0.25, 0.3) is 10.8 Å². The van der Waals surface area contributed by atoms with Crippen molar-refractivity contribution < 1.29 is 14.6 Å². The zero-order valence-corrected chi connectivity index (χ0v) is 14.4. The Morgan fingerprint density at radius 3 is 2.54 bits per heavy atom. The lowest BCUT2D eigenvalue weighted by Crippen LogP contribution is -2.24. The SMILES string of the molecule is Cc1ccc(Oc2ccc3c(O)c(C(=O)NCC#N)nc(C)c3c2)cc1. The number of carbonyl (C=O) groups excluding carboxylic acids is 1. The Morgan fingerprint density at radius 2 is 1.85 bits per heavy atom. The molecule has 0 radical (unpaired) electrons. The van der Waals surface area contributed by atoms with Crippen molar-refractivity contribution in [3.63, 3.8) is 0 Å². The molecule has 130 valence electrons. The lowest BCUT2D eigenvalue weighted by atomic mass is 10.1. The monoisotopic (exact) mass is 347 g/mol. The largest absolute Gasteiger partial charge is 0.505 e. The van der Waals surface area contributed by atoms with Gasteiger partial charge in [0.05, 0.1) is 6.07 Å². The molecule has 0 atom stereocenters. The molecule has 26 heavy (non-hydrogen) atoms. The van der Waals surface area contributed by atoms with Gasteiger partial charge in [-0.1, -0.05) is 17.7 Å². The molecule has 6 nitrogen and oxygen atoms in total. The van der Waals surface area contributed by atoms with Gasteiger partial charge in [-0.05, 0) is 44.2 Å². The van der Waals surface area contributed by atoms with Crippen LogP contribution in [0.1, 0.15) is 21.7 Å². The number of nitriles is 1. The quantitative estimate of drug-likeness (QED) is 0.703. The van der Waals surface area contributed by atoms with Gasteiger partial charge in [-0.25, -0.2) is 4.98 Å². The Hall–Kier alpha value is -3.59. The third-order valence-corrected chi connectivity index (χ3v) is 3.94. The third kappa shape index (κ3) is 3.42. The molecule has 1 amide bonds. The lowest BCUT2D eigenvalue weighted by molar-refractivity contribution is 0.0950. The average molecular weight is 347 g/mol. The van der Waals surface area contributed by atoms with E-state index in [0.717, 1.165) is 5.56 Å². The number of pyridine rings is 1. The van der Waals surface area contributed by atoms with Crippen LogP contribution in [0.2, 0.25) is 0 Å². The molecular formula is C20H17N3O3. The van der Waals surface area contributed by atoms with E-state index in [0.29, 0.717) is 28.0 Å². The summed E-state index contributed by atoms with van der Waals surface area (Å²) in [5.74, 6) is 0.501. The van der Waals surface area contributed by atoms with E-state index in [2.05, 4.69) is 10.3 Å². The molecule has 1 heterocycles. The summed E-state index contributed by atoms with van der Waals surface area (Å²) >= 11 is 0. The number of rotatable bonds is 4. The Morgan fingerprint density at radius 1 is 1.15 bits per heavy atom. The van der Waals surface area contributed by atoms with Gasteiger partial charge >= 0.3 is 0 Å². The average Bonchev–Trinajstić information content (AvgIpc) is 2.64. The Labute approximate surface area is 150 Å². The second-order valence-corrected chi connectivity index (χ2v) is 5.86. The number of benzene rings is 2. The molecule has 0 fully saturated rings. The molecule has 0 aliphatic heterocycles. The van der Waals surface area contributed by atoms with Crippen molar-refractivity contribution in [3.8, 4) is 23.3 Å². The number of hydrogen-bond acceptors (Lipinski definition) is 5. The molecule has 3 rings (SSSR count). The van der Waals surface area contributed by atoms with Crippen LogP contribution in [0.3, 0.4) is 0 Å². The summed E-state index contributed by atoms with van der Waals surface area (Å²) in [6, 6.07) is 14.7. The zero-order chi connectivity index (χ0) is 18.7. The van der Waals surface area contributed by atoms with E-state index < -0.39 is 5.91 Å². The van der Waals surface area contributed by atoms with E-state index in [1.807, 2.05) is 37.3 Å². The number of fused-ring (bicyclic) bond motifs is 1. The predicted octanol–water partition coefficient (Wildman–Crippen LogP) is 3.60. The van der Waals surface area contributed by atoms with Crippen molar-refractivity contribution >= 4 is 16.7 Å². The molecule has 0 unspecified atom stereocenters. The highest BCUT2D eigenvalue weighted by Gasteiger charge is 2.18. The van der Waals surface area contributed by atoms with E-state index in [-0.39, 0.29) is 18.0 Å². The first-order valence-corrected chi connectivity index (χ1v) is 8.02. The van der Waals surface area contributed by atoms with Crippen LogP contribution in [-0.4, -0.2) is 22.5 Å². The van der Waals surface area contributed by atoms with Gasteiger partial charge in [-0.2, -0.15) is 5.26 Å². The zero-order valence-electron chi connectivity index (χ0n) is 14.4. The lowest BCUT2D eigenvalue weighted by Gasteiger charge is -2.12. The minimum Gasteiger partial charge on any atom is -0.505 e. The fourth-order valence-corrected chi connectivity index (χ4v) is 2.61. The van der Waals surface area contributed by atoms with Gasteiger partial charge in [0.2, 0.25) is 0 Å². The molecule has 0 bridgehead atoms. The molecule has 0 saturated carbocycles. The second kappa shape index (κ2) is 7.11. The highest BCUT2D eigenvalue weighted by Crippen LogP contribution is 2.33. The van der Waals surface area contributed by atoms with Crippen LogP contribution < -0.4 is 10.1 Å². The summed E-state index contributed by atoms with van der Waals surface area (Å²) in [6.45, 7) is 3.60. The maximum absolute atomic E-state index is 12.0. The molecule has 0 spiro atoms. The summed E-state index contributed by atoms with van der Waals surface area (Å²) in [5.41, 5.74) is 1.62. The fourth-order valence-electron chi connectivity index (χ4n) is 2.61. The third-order valence-electron chi connectivity index (χ3n) is 3.94. The van der Waals surface area contributed by atoms with Crippen molar-refractivity contribution in [1.29, 1.82) is 5.26 Å². The highest BCUT2D eigenvalue weighted by atomic mass is 16.5. The van der Waals surface area contributed by atoms with Crippen LogP contribution in [-0.2, 0) is 0 Å². The van der Waals surface area contributed by atoms with E-state index in [4.69, 9.17) is 10.00 Å². The molecular weight excluding hydrogens is 330 g/mol. The standard InChI is InChI=1S/C20H17N3O3/c1-12-3-5-14(6-4-12)26-15-7-8-16-17(11-15)13(2)23-18(19(16)24)20(25)22-10-9-21/h3-8,11,24H,10H2,1-2H3,(H,22,25). The molecule has 3 aromatic rings. The van der Waals surface area contributed by atoms with Gasteiger partial charge in [0, 0.05) is 16.5 Å². The summed E-state index contributed by atoms with van der Waals surface area (Å²) in [4.78, 5) is 16.2. The van der Waals surface area contributed by atoms with Gasteiger partial charge < -0.3 is 15.2 Å². The Balaban J connectivity index is 1.97. The van der Waals surface area contributed by atoms with E-state index in [9.17, 15) is 9.90 Å². The van der Waals surface area contributed by atoms with E-state index in [1.165, 1.54) is 0 Å². The van der Waals surface area contributed by atoms with Crippen LogP contribution in [0.4, 0.5) is 0 Å². The minimum absolute atomic E-state index is 0.0996. The van der Waals surface area contributed by atoms with Gasteiger partial charge in [-0.15, -0.1) is 0 Å². The summed E-state index contributed by atoms with van der Waals surface area (Å²) in [6.07, 6.45) is 0. The van der Waals surface area contributed by atoms with Crippen molar-refractivity contribution in [2.24, 2.45) is 0 Å². The second-order valence-electron chi connectivity index (χ2n) is 5.86. The first kappa shape index (κ1) is 17.2. The van der Waals surface area contributed by atoms with Crippen molar-refractivity contribution in [3.05, 3.63) is 59.4 Å². The van der Waals surface area contributed by atoms with E-state index in [1.54, 1.807) is 25.1 Å². The number of carbonyl (C=O) groups is 1. The molecule has 0 aliphatic rings. The summed E-state index contributed by atoms with van der Waals surface area (Å²) in [5, 5.41) is 22.5. The maximum atomic E-state index is 12.0. The number of amides is 1. The highest BCUT2D eigenvalue weighted by molar-refractivity contribution is 6.02. The van der Waals surface area contributed by atoms with Crippen LogP contribution in [0, 0.1) is 25.2 Å². The number of nitrogens with one attached hydrogen (secondary N) is 1. The van der Waals surface area contributed by atoms with Gasteiger partial charge in [0.1, 0.15) is 18.0 Å². The van der Waals surface area contributed by atoms with Crippen molar-refractivity contribution in [2.45, 2.75) is 13.8 Å². The van der Waals surface area contributed by atoms with Crippen molar-refractivity contribution in [1.82, 2.24) is 10.3 Å². The van der Waals surface area contributed by atoms with Crippen molar-refractivity contribution in [2.75, 3.05) is 6.54 Å². The van der Waals surface area contributed by atoms with Crippen LogP contribution >= 0.6 is 0 Å². The molecule has 0 saturated heterocycles. The predicted molar refractivity (Wildman–Crippen MR) is 97.3 cm³/mol. The molecule has 2 N–H and O–H groups in total. The van der Waals surface area contributed by atoms with Gasteiger partial charge in [0.25, 0.3) is 5.91 Å². The fraction of sp³-hybridized carbons (Fsp3) is 0.150. The number of ether oxygens (including phenoxy) is 1. The normalized spacial score (nSPS) is 10.3. The summed E-state index contributed by atoms with van der Waals surface area (Å²) < 4.78 is 5.84. The van der Waals surface area contributed by atoms with Crippen LogP contribution in [0.5, 0.6) is 17.2 Å². The number of hydrogen-bond donors (Lipinski definition) is 2. The molecule has 6 heteroatoms. The first-order valence-electron chi connectivity index (χ1n) is 8.02. The Bertz CT molecular complexity index is 1020. The molecule has 1 aromatic heterocycles. The molecule has 0 aliphatic carbocycles.